The normalized spacial score (nSPS) is 34.8. The zero-order chi connectivity index (χ0) is 12.8. The van der Waals surface area contributed by atoms with Gasteiger partial charge in [0.05, 0.1) is 17.5 Å². The molecule has 0 aromatic carbocycles. The maximum Gasteiger partial charge on any atom is 0.177 e. The summed E-state index contributed by atoms with van der Waals surface area (Å²) in [5.74, 6) is 0.0751. The molecule has 3 aliphatic rings. The molecule has 2 aliphatic heterocycles. The van der Waals surface area contributed by atoms with E-state index >= 15 is 0 Å². The van der Waals surface area contributed by atoms with Gasteiger partial charge in [0.15, 0.2) is 15.6 Å². The van der Waals surface area contributed by atoms with Crippen molar-refractivity contribution in [1.82, 2.24) is 0 Å². The molecule has 0 amide bonds. The number of rotatable bonds is 0. The van der Waals surface area contributed by atoms with Gasteiger partial charge in [-0.05, 0) is 37.7 Å². The molecule has 0 N–H and O–H groups in total. The zero-order valence-electron chi connectivity index (χ0n) is 10.3. The van der Waals surface area contributed by atoms with Crippen LogP contribution in [0.25, 0.3) is 0 Å². The summed E-state index contributed by atoms with van der Waals surface area (Å²) < 4.78 is 24.4. The van der Waals surface area contributed by atoms with Crippen molar-refractivity contribution in [3.8, 4) is 0 Å². The lowest BCUT2D eigenvalue weighted by molar-refractivity contribution is -0.113. The third-order valence-corrected chi connectivity index (χ3v) is 6.20. The smallest absolute Gasteiger partial charge is 0.177 e. The summed E-state index contributed by atoms with van der Waals surface area (Å²) in [4.78, 5) is 16.5. The van der Waals surface area contributed by atoms with Crippen molar-refractivity contribution >= 4 is 21.3 Å². The van der Waals surface area contributed by atoms with Gasteiger partial charge < -0.3 is 0 Å². The third kappa shape index (κ3) is 1.94. The molecule has 0 aromatic rings. The van der Waals surface area contributed by atoms with Gasteiger partial charge in [-0.15, -0.1) is 0 Å². The average molecular weight is 267 g/mol. The van der Waals surface area contributed by atoms with E-state index < -0.39 is 15.1 Å². The average Bonchev–Trinajstić information content (AvgIpc) is 2.46. The van der Waals surface area contributed by atoms with E-state index in [1.807, 2.05) is 0 Å². The zero-order valence-corrected chi connectivity index (χ0v) is 11.1. The van der Waals surface area contributed by atoms with E-state index in [0.717, 1.165) is 24.8 Å². The lowest BCUT2D eigenvalue weighted by Gasteiger charge is -2.30. The third-order valence-electron chi connectivity index (χ3n) is 4.09. The van der Waals surface area contributed by atoms with Crippen LogP contribution in [-0.2, 0) is 14.6 Å². The van der Waals surface area contributed by atoms with Gasteiger partial charge in [0.25, 0.3) is 0 Å². The van der Waals surface area contributed by atoms with Crippen molar-refractivity contribution in [2.45, 2.75) is 49.8 Å². The number of carbonyl (C=O) groups excluding carboxylic acids is 1. The quantitative estimate of drug-likeness (QED) is 0.624. The number of ketones is 1. The lowest BCUT2D eigenvalue weighted by atomic mass is 9.87. The first-order chi connectivity index (χ1) is 8.58. The highest BCUT2D eigenvalue weighted by Gasteiger charge is 2.41. The van der Waals surface area contributed by atoms with Gasteiger partial charge in [0.1, 0.15) is 5.25 Å². The summed E-state index contributed by atoms with van der Waals surface area (Å²) >= 11 is 0. The molecule has 0 aromatic heterocycles. The molecule has 0 saturated carbocycles. The van der Waals surface area contributed by atoms with Crippen LogP contribution in [0.5, 0.6) is 0 Å². The number of allylic oxidation sites excluding steroid dienone is 1. The number of nitrogens with zero attached hydrogens (tertiary/aromatic N) is 1. The monoisotopic (exact) mass is 267 g/mol. The predicted octanol–water partition coefficient (Wildman–Crippen LogP) is 1.46. The Bertz CT molecular complexity index is 545. The Morgan fingerprint density at radius 3 is 2.94 bits per heavy atom. The summed E-state index contributed by atoms with van der Waals surface area (Å²) in [6.45, 7) is 0. The molecule has 5 heteroatoms. The van der Waals surface area contributed by atoms with Crippen molar-refractivity contribution in [3.63, 3.8) is 0 Å². The Hall–Kier alpha value is -0.970. The minimum absolute atomic E-state index is 0.0503. The Morgan fingerprint density at radius 2 is 2.11 bits per heavy atom. The number of hydrogen-bond donors (Lipinski definition) is 0. The summed E-state index contributed by atoms with van der Waals surface area (Å²) in [6.07, 6.45) is 6.45. The van der Waals surface area contributed by atoms with Crippen molar-refractivity contribution in [2.75, 3.05) is 5.75 Å². The molecule has 1 saturated heterocycles. The second kappa shape index (κ2) is 4.30. The van der Waals surface area contributed by atoms with E-state index in [-0.39, 0.29) is 17.6 Å². The molecule has 1 fully saturated rings. The summed E-state index contributed by atoms with van der Waals surface area (Å²) in [7, 11) is -3.20. The molecule has 0 bridgehead atoms. The molecule has 18 heavy (non-hydrogen) atoms. The van der Waals surface area contributed by atoms with Gasteiger partial charge in [-0.1, -0.05) is 6.08 Å². The van der Waals surface area contributed by atoms with Crippen LogP contribution < -0.4 is 0 Å². The standard InChI is InChI=1S/C13H17NO3S/c15-11-6-3-7-18(16,17)12-8-9-4-1-2-5-10(9)14-13(11)12/h4,10,12H,1-3,5-8H2. The first kappa shape index (κ1) is 12.1. The van der Waals surface area contributed by atoms with E-state index in [2.05, 4.69) is 11.1 Å². The van der Waals surface area contributed by atoms with Gasteiger partial charge in [-0.2, -0.15) is 0 Å². The summed E-state index contributed by atoms with van der Waals surface area (Å²) in [5.41, 5.74) is 1.48. The topological polar surface area (TPSA) is 63.6 Å². The molecule has 2 unspecified atom stereocenters. The second-order valence-electron chi connectivity index (χ2n) is 5.33. The van der Waals surface area contributed by atoms with Crippen molar-refractivity contribution < 1.29 is 13.2 Å². The Balaban J connectivity index is 2.07. The molecule has 0 radical (unpaired) electrons. The Labute approximate surface area is 107 Å². The van der Waals surface area contributed by atoms with Crippen molar-refractivity contribution in [2.24, 2.45) is 4.99 Å². The predicted molar refractivity (Wildman–Crippen MR) is 69.6 cm³/mol. The van der Waals surface area contributed by atoms with Crippen LogP contribution >= 0.6 is 0 Å². The van der Waals surface area contributed by atoms with E-state index in [1.54, 1.807) is 0 Å². The fraction of sp³-hybridized carbons (Fsp3) is 0.692. The minimum atomic E-state index is -3.20. The highest BCUT2D eigenvalue weighted by atomic mass is 32.2. The largest absolute Gasteiger partial charge is 0.293 e. The van der Waals surface area contributed by atoms with Crippen LogP contribution in [0.15, 0.2) is 16.6 Å². The van der Waals surface area contributed by atoms with E-state index in [4.69, 9.17) is 0 Å². The minimum Gasteiger partial charge on any atom is -0.293 e. The first-order valence-electron chi connectivity index (χ1n) is 6.59. The van der Waals surface area contributed by atoms with Crippen LogP contribution in [0.2, 0.25) is 0 Å². The molecule has 2 atom stereocenters. The number of hydrogen-bond acceptors (Lipinski definition) is 4. The van der Waals surface area contributed by atoms with Crippen LogP contribution in [0.3, 0.4) is 0 Å². The molecule has 1 aliphatic carbocycles. The molecule has 98 valence electrons. The van der Waals surface area contributed by atoms with Crippen LogP contribution in [0.1, 0.15) is 38.5 Å². The fourth-order valence-corrected chi connectivity index (χ4v) is 4.91. The van der Waals surface area contributed by atoms with Gasteiger partial charge >= 0.3 is 0 Å². The summed E-state index contributed by atoms with van der Waals surface area (Å²) in [5, 5.41) is -0.659. The fourth-order valence-electron chi connectivity index (χ4n) is 3.10. The van der Waals surface area contributed by atoms with E-state index in [1.165, 1.54) is 0 Å². The Morgan fingerprint density at radius 1 is 1.28 bits per heavy atom. The number of fused-ring (bicyclic) bond motifs is 2. The summed E-state index contributed by atoms with van der Waals surface area (Å²) in [6, 6.07) is 0.0715. The molecule has 2 heterocycles. The SMILES string of the molecule is O=C1CCCS(=O)(=O)C2CC3=CCCCC3N=C12. The lowest BCUT2D eigenvalue weighted by Crippen LogP contribution is -2.40. The molecule has 3 rings (SSSR count). The van der Waals surface area contributed by atoms with Gasteiger partial charge in [-0.3, -0.25) is 9.79 Å². The number of Topliss-reactive ketones (excluding diaryl/α,β-unsaturated/α-hetero) is 1. The van der Waals surface area contributed by atoms with Crippen molar-refractivity contribution in [3.05, 3.63) is 11.6 Å². The van der Waals surface area contributed by atoms with Crippen LogP contribution in [-0.4, -0.2) is 37.0 Å². The van der Waals surface area contributed by atoms with Gasteiger partial charge in [0.2, 0.25) is 0 Å². The van der Waals surface area contributed by atoms with Crippen LogP contribution in [0.4, 0.5) is 0 Å². The van der Waals surface area contributed by atoms with Crippen molar-refractivity contribution in [1.29, 1.82) is 0 Å². The van der Waals surface area contributed by atoms with E-state index in [0.29, 0.717) is 25.0 Å². The number of carbonyl (C=O) groups is 1. The highest BCUT2D eigenvalue weighted by molar-refractivity contribution is 7.93. The maximum atomic E-state index is 12.2. The number of sulfone groups is 1. The number of aliphatic imine (C=N–C) groups is 1. The Kier molecular flexibility index (Phi) is 2.88. The highest BCUT2D eigenvalue weighted by Crippen LogP contribution is 2.33. The molecular formula is C13H17NO3S. The van der Waals surface area contributed by atoms with Crippen LogP contribution in [0, 0.1) is 0 Å². The maximum absolute atomic E-state index is 12.2. The molecular weight excluding hydrogens is 250 g/mol. The van der Waals surface area contributed by atoms with E-state index in [9.17, 15) is 13.2 Å². The first-order valence-corrected chi connectivity index (χ1v) is 8.31. The second-order valence-corrected chi connectivity index (χ2v) is 7.63. The van der Waals surface area contributed by atoms with Gasteiger partial charge in [0, 0.05) is 6.42 Å². The molecule has 4 nitrogen and oxygen atoms in total. The van der Waals surface area contributed by atoms with Gasteiger partial charge in [-0.25, -0.2) is 8.42 Å². The molecule has 0 spiro atoms.